The number of hydrogen-bond donors (Lipinski definition) is 1. The maximum atomic E-state index is 12.5. The fraction of sp³-hybridized carbons (Fsp3) is 0.412. The maximum absolute atomic E-state index is 12.5. The first-order chi connectivity index (χ1) is 11.3. The van der Waals surface area contributed by atoms with Crippen molar-refractivity contribution in [2.45, 2.75) is 32.0 Å². The Kier molecular flexibility index (Phi) is 5.26. The van der Waals surface area contributed by atoms with Crippen LogP contribution in [-0.4, -0.2) is 35.2 Å². The van der Waals surface area contributed by atoms with Gasteiger partial charge in [-0.25, -0.2) is 4.79 Å². The predicted molar refractivity (Wildman–Crippen MR) is 84.6 cm³/mol. The van der Waals surface area contributed by atoms with Crippen LogP contribution in [0.4, 0.5) is 4.79 Å². The van der Waals surface area contributed by atoms with Gasteiger partial charge in [-0.3, -0.25) is 4.98 Å². The number of carbonyl (C=O) groups excluding carboxylic acids is 1. The first kappa shape index (κ1) is 15.6. The van der Waals surface area contributed by atoms with E-state index < -0.39 is 0 Å². The van der Waals surface area contributed by atoms with Crippen molar-refractivity contribution in [3.63, 3.8) is 0 Å². The van der Waals surface area contributed by atoms with Gasteiger partial charge in [-0.15, -0.1) is 0 Å². The average Bonchev–Trinajstić information content (AvgIpc) is 3.26. The van der Waals surface area contributed by atoms with E-state index in [0.29, 0.717) is 19.6 Å². The molecule has 6 heteroatoms. The Hall–Kier alpha value is -2.34. The molecule has 2 amide bonds. The van der Waals surface area contributed by atoms with E-state index in [1.165, 1.54) is 0 Å². The van der Waals surface area contributed by atoms with Crippen LogP contribution >= 0.6 is 0 Å². The minimum absolute atomic E-state index is 0.0986. The lowest BCUT2D eigenvalue weighted by molar-refractivity contribution is 0.0794. The van der Waals surface area contributed by atoms with Gasteiger partial charge in [0, 0.05) is 44.2 Å². The zero-order valence-corrected chi connectivity index (χ0v) is 13.0. The lowest BCUT2D eigenvalue weighted by Crippen LogP contribution is -2.43. The highest BCUT2D eigenvalue weighted by atomic mass is 16.5. The van der Waals surface area contributed by atoms with Crippen molar-refractivity contribution >= 4 is 6.03 Å². The zero-order valence-electron chi connectivity index (χ0n) is 13.0. The van der Waals surface area contributed by atoms with Gasteiger partial charge in [-0.2, -0.15) is 0 Å². The summed E-state index contributed by atoms with van der Waals surface area (Å²) in [6.07, 6.45) is 8.89. The second-order valence-electron chi connectivity index (χ2n) is 5.66. The summed E-state index contributed by atoms with van der Waals surface area (Å²) in [6, 6.07) is 5.59. The van der Waals surface area contributed by atoms with Crippen LogP contribution in [0.15, 0.2) is 47.5 Å². The SMILES string of the molecule is O=C(NCc1ccoc1)N(Cc1ccncc1)CC1CCCO1. The molecule has 122 valence electrons. The average molecular weight is 315 g/mol. The van der Waals surface area contributed by atoms with E-state index >= 15 is 0 Å². The van der Waals surface area contributed by atoms with Crippen molar-refractivity contribution in [1.29, 1.82) is 0 Å². The van der Waals surface area contributed by atoms with Crippen LogP contribution in [0.5, 0.6) is 0 Å². The van der Waals surface area contributed by atoms with E-state index in [1.807, 2.05) is 18.2 Å². The molecule has 1 aliphatic rings. The molecule has 1 N–H and O–H groups in total. The number of furan rings is 1. The highest BCUT2D eigenvalue weighted by Crippen LogP contribution is 2.15. The first-order valence-corrected chi connectivity index (χ1v) is 7.85. The molecule has 1 aliphatic heterocycles. The van der Waals surface area contributed by atoms with E-state index in [2.05, 4.69) is 10.3 Å². The molecule has 2 aromatic rings. The number of nitrogens with zero attached hydrogens (tertiary/aromatic N) is 2. The molecular weight excluding hydrogens is 294 g/mol. The number of amides is 2. The van der Waals surface area contributed by atoms with Crippen molar-refractivity contribution < 1.29 is 13.9 Å². The van der Waals surface area contributed by atoms with Crippen LogP contribution in [0.3, 0.4) is 0 Å². The van der Waals surface area contributed by atoms with Gasteiger partial charge >= 0.3 is 6.03 Å². The van der Waals surface area contributed by atoms with Gasteiger partial charge in [0.2, 0.25) is 0 Å². The summed E-state index contributed by atoms with van der Waals surface area (Å²) < 4.78 is 10.7. The number of hydrogen-bond acceptors (Lipinski definition) is 4. The third-order valence-corrected chi connectivity index (χ3v) is 3.88. The molecule has 0 saturated carbocycles. The zero-order chi connectivity index (χ0) is 15.9. The van der Waals surface area contributed by atoms with E-state index in [-0.39, 0.29) is 12.1 Å². The minimum atomic E-state index is -0.0986. The Morgan fingerprint density at radius 1 is 1.30 bits per heavy atom. The third kappa shape index (κ3) is 4.56. The van der Waals surface area contributed by atoms with E-state index in [1.54, 1.807) is 29.8 Å². The van der Waals surface area contributed by atoms with Crippen LogP contribution in [0, 0.1) is 0 Å². The van der Waals surface area contributed by atoms with E-state index in [9.17, 15) is 4.79 Å². The summed E-state index contributed by atoms with van der Waals surface area (Å²) in [5, 5.41) is 2.94. The predicted octanol–water partition coefficient (Wildman–Crippen LogP) is 2.57. The van der Waals surface area contributed by atoms with Crippen LogP contribution in [-0.2, 0) is 17.8 Å². The molecule has 3 heterocycles. The Balaban J connectivity index is 1.61. The van der Waals surface area contributed by atoms with E-state index in [0.717, 1.165) is 30.6 Å². The molecule has 0 spiro atoms. The maximum Gasteiger partial charge on any atom is 0.318 e. The third-order valence-electron chi connectivity index (χ3n) is 3.88. The van der Waals surface area contributed by atoms with Crippen molar-refractivity contribution in [2.24, 2.45) is 0 Å². The Morgan fingerprint density at radius 2 is 2.17 bits per heavy atom. The number of nitrogens with one attached hydrogen (secondary N) is 1. The molecule has 0 aromatic carbocycles. The molecule has 6 nitrogen and oxygen atoms in total. The molecule has 0 aliphatic carbocycles. The van der Waals surface area contributed by atoms with Crippen LogP contribution in [0.2, 0.25) is 0 Å². The monoisotopic (exact) mass is 315 g/mol. The van der Waals surface area contributed by atoms with Gasteiger partial charge in [-0.05, 0) is 36.6 Å². The standard InChI is InChI=1S/C17H21N3O3/c21-17(19-10-15-5-9-22-13-15)20(12-16-2-1-8-23-16)11-14-3-6-18-7-4-14/h3-7,9,13,16H,1-2,8,10-12H2,(H,19,21). The Morgan fingerprint density at radius 3 is 2.87 bits per heavy atom. The molecule has 2 aromatic heterocycles. The van der Waals surface area contributed by atoms with Gasteiger partial charge in [0.05, 0.1) is 18.6 Å². The molecule has 0 bridgehead atoms. The molecular formula is C17H21N3O3. The summed E-state index contributed by atoms with van der Waals surface area (Å²) in [5.74, 6) is 0. The molecule has 0 radical (unpaired) electrons. The normalized spacial score (nSPS) is 17.1. The number of pyridine rings is 1. The van der Waals surface area contributed by atoms with Crippen molar-refractivity contribution in [3.05, 3.63) is 54.2 Å². The fourth-order valence-electron chi connectivity index (χ4n) is 2.64. The number of ether oxygens (including phenoxy) is 1. The number of carbonyl (C=O) groups is 1. The minimum Gasteiger partial charge on any atom is -0.472 e. The summed E-state index contributed by atoms with van der Waals surface area (Å²) >= 11 is 0. The summed E-state index contributed by atoms with van der Waals surface area (Å²) in [6.45, 7) is 2.37. The molecule has 1 saturated heterocycles. The molecule has 1 atom stereocenters. The van der Waals surface area contributed by atoms with Gasteiger partial charge < -0.3 is 19.4 Å². The van der Waals surface area contributed by atoms with Crippen LogP contribution < -0.4 is 5.32 Å². The fourth-order valence-corrected chi connectivity index (χ4v) is 2.64. The summed E-state index contributed by atoms with van der Waals surface area (Å²) in [4.78, 5) is 18.4. The highest BCUT2D eigenvalue weighted by molar-refractivity contribution is 5.74. The second kappa shape index (κ2) is 7.78. The molecule has 1 unspecified atom stereocenters. The topological polar surface area (TPSA) is 67.6 Å². The van der Waals surface area contributed by atoms with Crippen molar-refractivity contribution in [1.82, 2.24) is 15.2 Å². The smallest absolute Gasteiger partial charge is 0.318 e. The van der Waals surface area contributed by atoms with Crippen LogP contribution in [0.1, 0.15) is 24.0 Å². The number of aromatic nitrogens is 1. The second-order valence-corrected chi connectivity index (χ2v) is 5.66. The Labute approximate surface area is 135 Å². The number of rotatable bonds is 6. The van der Waals surface area contributed by atoms with Gasteiger partial charge in [-0.1, -0.05) is 0 Å². The summed E-state index contributed by atoms with van der Waals surface area (Å²) in [7, 11) is 0. The largest absolute Gasteiger partial charge is 0.472 e. The first-order valence-electron chi connectivity index (χ1n) is 7.85. The molecule has 1 fully saturated rings. The van der Waals surface area contributed by atoms with Crippen molar-refractivity contribution in [3.8, 4) is 0 Å². The summed E-state index contributed by atoms with van der Waals surface area (Å²) in [5.41, 5.74) is 2.00. The Bertz CT molecular complexity index is 595. The highest BCUT2D eigenvalue weighted by Gasteiger charge is 2.22. The quantitative estimate of drug-likeness (QED) is 0.889. The van der Waals surface area contributed by atoms with Gasteiger partial charge in [0.1, 0.15) is 0 Å². The van der Waals surface area contributed by atoms with Gasteiger partial charge in [0.25, 0.3) is 0 Å². The van der Waals surface area contributed by atoms with Crippen LogP contribution in [0.25, 0.3) is 0 Å². The lowest BCUT2D eigenvalue weighted by atomic mass is 10.2. The molecule has 23 heavy (non-hydrogen) atoms. The van der Waals surface area contributed by atoms with Crippen molar-refractivity contribution in [2.75, 3.05) is 13.2 Å². The van der Waals surface area contributed by atoms with Gasteiger partial charge in [0.15, 0.2) is 0 Å². The lowest BCUT2D eigenvalue weighted by Gasteiger charge is -2.25. The molecule has 3 rings (SSSR count). The number of urea groups is 1. The van der Waals surface area contributed by atoms with E-state index in [4.69, 9.17) is 9.15 Å².